The number of rotatable bonds is 5. The minimum absolute atomic E-state index is 0.309. The zero-order chi connectivity index (χ0) is 19.6. The Kier molecular flexibility index (Phi) is 5.36. The summed E-state index contributed by atoms with van der Waals surface area (Å²) < 4.78 is 33.1. The highest BCUT2D eigenvalue weighted by atomic mass is 19.1. The summed E-state index contributed by atoms with van der Waals surface area (Å²) in [4.78, 5) is 27.2. The fourth-order valence-corrected chi connectivity index (χ4v) is 2.96. The number of likely N-dealkylation sites (N-methyl/N-ethyl adjacent to an activating group) is 1. The number of cyclic esters (lactones) is 1. The van der Waals surface area contributed by atoms with E-state index in [1.807, 2.05) is 0 Å². The summed E-state index contributed by atoms with van der Waals surface area (Å²) in [6.45, 7) is 0.788. The van der Waals surface area contributed by atoms with Crippen LogP contribution in [0.1, 0.15) is 11.6 Å². The minimum Gasteiger partial charge on any atom is -0.447 e. The maximum absolute atomic E-state index is 14.1. The number of amides is 2. The Labute approximate surface area is 155 Å². The van der Waals surface area contributed by atoms with Gasteiger partial charge in [0.15, 0.2) is 0 Å². The maximum atomic E-state index is 14.1. The van der Waals surface area contributed by atoms with Crippen LogP contribution in [-0.4, -0.2) is 44.1 Å². The molecule has 0 spiro atoms. The molecule has 0 unspecified atom stereocenters. The minimum atomic E-state index is -1.14. The Morgan fingerprint density at radius 2 is 1.78 bits per heavy atom. The van der Waals surface area contributed by atoms with Crippen molar-refractivity contribution in [3.05, 3.63) is 59.7 Å². The number of hydrogen-bond donors (Lipinski definition) is 1. The SMILES string of the molecule is CN(C)[C@H](C(=O)Nc1ccc(N2CCOC2=O)cc1)c1c(F)cccc1F. The van der Waals surface area contributed by atoms with Crippen molar-refractivity contribution in [3.8, 4) is 0 Å². The summed E-state index contributed by atoms with van der Waals surface area (Å²) in [6.07, 6.45) is -0.422. The van der Waals surface area contributed by atoms with Crippen LogP contribution in [0.15, 0.2) is 42.5 Å². The molecule has 1 heterocycles. The molecule has 1 N–H and O–H groups in total. The third-order valence-electron chi connectivity index (χ3n) is 4.25. The quantitative estimate of drug-likeness (QED) is 0.872. The predicted octanol–water partition coefficient (Wildman–Crippen LogP) is 3.16. The number of halogens is 2. The molecule has 2 aromatic carbocycles. The molecule has 8 heteroatoms. The highest BCUT2D eigenvalue weighted by Crippen LogP contribution is 2.27. The second-order valence-electron chi connectivity index (χ2n) is 6.30. The molecule has 1 aliphatic rings. The van der Waals surface area contributed by atoms with Crippen LogP contribution in [0.25, 0.3) is 0 Å². The number of carbonyl (C=O) groups is 2. The van der Waals surface area contributed by atoms with Crippen LogP contribution in [0, 0.1) is 11.6 Å². The van der Waals surface area contributed by atoms with E-state index in [-0.39, 0.29) is 5.56 Å². The number of nitrogens with zero attached hydrogens (tertiary/aromatic N) is 2. The van der Waals surface area contributed by atoms with E-state index in [4.69, 9.17) is 4.74 Å². The topological polar surface area (TPSA) is 61.9 Å². The molecule has 3 rings (SSSR count). The van der Waals surface area contributed by atoms with Crippen molar-refractivity contribution in [1.29, 1.82) is 0 Å². The van der Waals surface area contributed by atoms with E-state index >= 15 is 0 Å². The first-order valence-electron chi connectivity index (χ1n) is 8.34. The second kappa shape index (κ2) is 7.71. The average molecular weight is 375 g/mol. The van der Waals surface area contributed by atoms with Crippen molar-refractivity contribution >= 4 is 23.4 Å². The molecular weight excluding hydrogens is 356 g/mol. The van der Waals surface area contributed by atoms with Crippen molar-refractivity contribution in [2.24, 2.45) is 0 Å². The van der Waals surface area contributed by atoms with E-state index < -0.39 is 29.7 Å². The number of hydrogen-bond acceptors (Lipinski definition) is 4. The molecule has 1 fully saturated rings. The van der Waals surface area contributed by atoms with E-state index in [0.29, 0.717) is 24.5 Å². The molecule has 0 aliphatic carbocycles. The molecule has 1 atom stereocenters. The highest BCUT2D eigenvalue weighted by Gasteiger charge is 2.29. The van der Waals surface area contributed by atoms with Crippen LogP contribution in [0.3, 0.4) is 0 Å². The van der Waals surface area contributed by atoms with E-state index in [1.54, 1.807) is 38.4 Å². The lowest BCUT2D eigenvalue weighted by Gasteiger charge is -2.24. The van der Waals surface area contributed by atoms with E-state index in [1.165, 1.54) is 15.9 Å². The van der Waals surface area contributed by atoms with Gasteiger partial charge in [-0.2, -0.15) is 0 Å². The van der Waals surface area contributed by atoms with Gasteiger partial charge in [-0.25, -0.2) is 13.6 Å². The molecular formula is C19H19F2N3O3. The van der Waals surface area contributed by atoms with Gasteiger partial charge < -0.3 is 10.1 Å². The molecule has 0 aromatic heterocycles. The Hall–Kier alpha value is -3.00. The summed E-state index contributed by atoms with van der Waals surface area (Å²) in [5.74, 6) is -2.14. The highest BCUT2D eigenvalue weighted by molar-refractivity contribution is 5.96. The van der Waals surface area contributed by atoms with E-state index in [9.17, 15) is 18.4 Å². The van der Waals surface area contributed by atoms with Gasteiger partial charge in [0, 0.05) is 11.4 Å². The third kappa shape index (κ3) is 3.90. The third-order valence-corrected chi connectivity index (χ3v) is 4.25. The van der Waals surface area contributed by atoms with Gasteiger partial charge in [-0.3, -0.25) is 14.6 Å². The van der Waals surface area contributed by atoms with Crippen molar-refractivity contribution in [1.82, 2.24) is 4.90 Å². The first kappa shape index (κ1) is 18.8. The Bertz CT molecular complexity index is 836. The summed E-state index contributed by atoms with van der Waals surface area (Å²) in [7, 11) is 3.14. The fraction of sp³-hybridized carbons (Fsp3) is 0.263. The van der Waals surface area contributed by atoms with Crippen LogP contribution in [0.2, 0.25) is 0 Å². The molecule has 6 nitrogen and oxygen atoms in total. The van der Waals surface area contributed by atoms with Gasteiger partial charge in [0.1, 0.15) is 24.3 Å². The van der Waals surface area contributed by atoms with Crippen LogP contribution in [-0.2, 0) is 9.53 Å². The van der Waals surface area contributed by atoms with Crippen LogP contribution >= 0.6 is 0 Å². The first-order valence-corrected chi connectivity index (χ1v) is 8.34. The molecule has 0 radical (unpaired) electrons. The molecule has 27 heavy (non-hydrogen) atoms. The van der Waals surface area contributed by atoms with Crippen LogP contribution < -0.4 is 10.2 Å². The number of anilines is 2. The largest absolute Gasteiger partial charge is 0.447 e. The standard InChI is InChI=1S/C19H19F2N3O3/c1-23(2)17(16-14(20)4-3-5-15(16)21)18(25)22-12-6-8-13(9-7-12)24-10-11-27-19(24)26/h3-9,17H,10-11H2,1-2H3,(H,22,25)/t17-/m0/s1. The molecule has 0 saturated carbocycles. The smallest absolute Gasteiger partial charge is 0.414 e. The van der Waals surface area contributed by atoms with Gasteiger partial charge in [0.2, 0.25) is 5.91 Å². The van der Waals surface area contributed by atoms with Gasteiger partial charge in [-0.05, 0) is 50.5 Å². The van der Waals surface area contributed by atoms with Gasteiger partial charge in [-0.15, -0.1) is 0 Å². The molecule has 0 bridgehead atoms. The van der Waals surface area contributed by atoms with Gasteiger partial charge in [-0.1, -0.05) is 6.07 Å². The number of ether oxygens (including phenoxy) is 1. The van der Waals surface area contributed by atoms with Crippen molar-refractivity contribution < 1.29 is 23.1 Å². The van der Waals surface area contributed by atoms with E-state index in [2.05, 4.69) is 5.32 Å². The van der Waals surface area contributed by atoms with Crippen LogP contribution in [0.5, 0.6) is 0 Å². The van der Waals surface area contributed by atoms with Crippen molar-refractivity contribution in [2.45, 2.75) is 6.04 Å². The zero-order valence-electron chi connectivity index (χ0n) is 14.9. The maximum Gasteiger partial charge on any atom is 0.414 e. The Morgan fingerprint density at radius 1 is 1.15 bits per heavy atom. The summed E-state index contributed by atoms with van der Waals surface area (Å²) in [6, 6.07) is 8.90. The number of benzene rings is 2. The van der Waals surface area contributed by atoms with Gasteiger partial charge in [0.05, 0.1) is 12.1 Å². The summed E-state index contributed by atoms with van der Waals surface area (Å²) >= 11 is 0. The molecule has 1 aliphatic heterocycles. The van der Waals surface area contributed by atoms with Gasteiger partial charge >= 0.3 is 6.09 Å². The summed E-state index contributed by atoms with van der Waals surface area (Å²) in [5, 5.41) is 2.66. The summed E-state index contributed by atoms with van der Waals surface area (Å²) in [5.41, 5.74) is 0.774. The monoisotopic (exact) mass is 375 g/mol. The van der Waals surface area contributed by atoms with E-state index in [0.717, 1.165) is 12.1 Å². The predicted molar refractivity (Wildman–Crippen MR) is 96.6 cm³/mol. The normalized spacial score (nSPS) is 15.0. The molecule has 2 amide bonds. The fourth-order valence-electron chi connectivity index (χ4n) is 2.96. The van der Waals surface area contributed by atoms with Crippen LogP contribution in [0.4, 0.5) is 25.0 Å². The zero-order valence-corrected chi connectivity index (χ0v) is 14.9. The first-order chi connectivity index (χ1) is 12.9. The van der Waals surface area contributed by atoms with Crippen molar-refractivity contribution in [3.63, 3.8) is 0 Å². The van der Waals surface area contributed by atoms with Crippen molar-refractivity contribution in [2.75, 3.05) is 37.5 Å². The number of nitrogens with one attached hydrogen (secondary N) is 1. The lowest BCUT2D eigenvalue weighted by molar-refractivity contribution is -0.120. The Balaban J connectivity index is 1.79. The van der Waals surface area contributed by atoms with Gasteiger partial charge in [0.25, 0.3) is 0 Å². The number of carbonyl (C=O) groups excluding carboxylic acids is 2. The second-order valence-corrected chi connectivity index (χ2v) is 6.30. The lowest BCUT2D eigenvalue weighted by Crippen LogP contribution is -2.33. The lowest BCUT2D eigenvalue weighted by atomic mass is 10.0. The Morgan fingerprint density at radius 3 is 2.30 bits per heavy atom. The molecule has 142 valence electrons. The average Bonchev–Trinajstić information content (AvgIpc) is 3.04. The molecule has 2 aromatic rings. The molecule has 1 saturated heterocycles.